The summed E-state index contributed by atoms with van der Waals surface area (Å²) in [7, 11) is 0. The summed E-state index contributed by atoms with van der Waals surface area (Å²) in [5.74, 6) is -1.19. The van der Waals surface area contributed by atoms with Crippen molar-refractivity contribution in [3.63, 3.8) is 0 Å². The van der Waals surface area contributed by atoms with E-state index in [1.807, 2.05) is 0 Å². The first kappa shape index (κ1) is 10.9. The van der Waals surface area contributed by atoms with E-state index in [0.29, 0.717) is 5.69 Å². The topological polar surface area (TPSA) is 66.5 Å². The van der Waals surface area contributed by atoms with Crippen LogP contribution in [0.2, 0.25) is 0 Å². The van der Waals surface area contributed by atoms with E-state index >= 15 is 0 Å². The molecule has 2 aliphatic heterocycles. The van der Waals surface area contributed by atoms with Crippen molar-refractivity contribution in [2.75, 3.05) is 4.90 Å². The molecule has 2 aliphatic rings. The molecule has 5 nitrogen and oxygen atoms in total. The molecule has 0 aromatic heterocycles. The molecule has 1 aromatic rings. The van der Waals surface area contributed by atoms with Crippen molar-refractivity contribution in [3.8, 4) is 0 Å². The monoisotopic (exact) mass is 242 g/mol. The number of hydrogen-bond acceptors (Lipinski definition) is 4. The second-order valence-electron chi connectivity index (χ2n) is 4.19. The Bertz CT molecular complexity index is 565. The van der Waals surface area contributed by atoms with Gasteiger partial charge >= 0.3 is 0 Å². The average molecular weight is 242 g/mol. The number of carbonyl (C=O) groups excluding carboxylic acids is 3. The number of nitrogens with one attached hydrogen (secondary N) is 1. The summed E-state index contributed by atoms with van der Waals surface area (Å²) >= 11 is 0. The van der Waals surface area contributed by atoms with Gasteiger partial charge in [0.25, 0.3) is 11.8 Å². The van der Waals surface area contributed by atoms with Crippen LogP contribution in [0.4, 0.5) is 5.69 Å². The molecular weight excluding hydrogens is 232 g/mol. The Hall–Kier alpha value is -2.27. The van der Waals surface area contributed by atoms with Gasteiger partial charge in [0.1, 0.15) is 6.04 Å². The zero-order chi connectivity index (χ0) is 12.7. The Balaban J connectivity index is 2.06. The average Bonchev–Trinajstić information content (AvgIpc) is 2.39. The quantitative estimate of drug-likeness (QED) is 0.557. The van der Waals surface area contributed by atoms with Crippen LogP contribution in [0.3, 0.4) is 0 Å². The molecule has 1 aromatic carbocycles. The number of imide groups is 1. The van der Waals surface area contributed by atoms with E-state index in [1.165, 1.54) is 12.2 Å². The van der Waals surface area contributed by atoms with Gasteiger partial charge in [-0.1, -0.05) is 24.3 Å². The highest BCUT2D eigenvalue weighted by atomic mass is 16.2. The highest BCUT2D eigenvalue weighted by Crippen LogP contribution is 2.22. The van der Waals surface area contributed by atoms with Gasteiger partial charge in [-0.15, -0.1) is 0 Å². The van der Waals surface area contributed by atoms with E-state index in [2.05, 4.69) is 5.32 Å². The lowest BCUT2D eigenvalue weighted by molar-refractivity contribution is -0.135. The van der Waals surface area contributed by atoms with Gasteiger partial charge in [0.15, 0.2) is 11.8 Å². The lowest BCUT2D eigenvalue weighted by atomic mass is 9.97. The molecule has 0 unspecified atom stereocenters. The van der Waals surface area contributed by atoms with Gasteiger partial charge in [0.05, 0.1) is 5.69 Å². The molecule has 2 amide bonds. The van der Waals surface area contributed by atoms with Crippen LogP contribution in [-0.2, 0) is 14.4 Å². The molecule has 0 aliphatic carbocycles. The number of rotatable bonds is 1. The first-order valence-corrected chi connectivity index (χ1v) is 5.59. The molecule has 2 atom stereocenters. The number of para-hydroxylation sites is 1. The maximum atomic E-state index is 12.1. The highest BCUT2D eigenvalue weighted by molar-refractivity contribution is 6.28. The number of piperazine rings is 1. The van der Waals surface area contributed by atoms with E-state index in [1.54, 1.807) is 30.3 Å². The van der Waals surface area contributed by atoms with E-state index < -0.39 is 18.0 Å². The number of ketones is 1. The van der Waals surface area contributed by atoms with E-state index in [0.717, 1.165) is 4.90 Å². The third-order valence-corrected chi connectivity index (χ3v) is 3.05. The minimum atomic E-state index is -0.946. The van der Waals surface area contributed by atoms with Crippen molar-refractivity contribution in [3.05, 3.63) is 42.5 Å². The van der Waals surface area contributed by atoms with Gasteiger partial charge in [-0.25, -0.2) is 4.90 Å². The number of anilines is 1. The van der Waals surface area contributed by atoms with Gasteiger partial charge in [-0.3, -0.25) is 19.7 Å². The fourth-order valence-electron chi connectivity index (χ4n) is 2.16. The van der Waals surface area contributed by atoms with Crippen molar-refractivity contribution >= 4 is 23.3 Å². The van der Waals surface area contributed by atoms with Crippen LogP contribution in [0.15, 0.2) is 42.5 Å². The van der Waals surface area contributed by atoms with Crippen LogP contribution in [0.25, 0.3) is 0 Å². The summed E-state index contributed by atoms with van der Waals surface area (Å²) in [5, 5.41) is 2.72. The Morgan fingerprint density at radius 3 is 2.44 bits per heavy atom. The molecule has 0 radical (unpaired) electrons. The standard InChI is InChI=1S/C13H10N2O3/c16-10-7-6-9-12(17)15(13(18)11(10)14-9)8-4-2-1-3-5-8/h1-7,9,11,14H/t9-,11+/m1/s1. The van der Waals surface area contributed by atoms with Gasteiger partial charge in [0.2, 0.25) is 0 Å². The molecule has 1 saturated heterocycles. The number of fused-ring (bicyclic) bond motifs is 2. The molecule has 1 fully saturated rings. The molecule has 90 valence electrons. The Kier molecular flexibility index (Phi) is 2.34. The van der Waals surface area contributed by atoms with Crippen LogP contribution in [0.5, 0.6) is 0 Å². The molecular formula is C13H10N2O3. The van der Waals surface area contributed by atoms with Crippen LogP contribution in [-0.4, -0.2) is 29.7 Å². The Morgan fingerprint density at radius 2 is 1.72 bits per heavy atom. The normalized spacial score (nSPS) is 26.7. The van der Waals surface area contributed by atoms with Crippen LogP contribution in [0.1, 0.15) is 0 Å². The lowest BCUT2D eigenvalue weighted by Gasteiger charge is -2.36. The van der Waals surface area contributed by atoms with Crippen molar-refractivity contribution in [1.29, 1.82) is 0 Å². The van der Waals surface area contributed by atoms with E-state index in [-0.39, 0.29) is 11.7 Å². The summed E-state index contributed by atoms with van der Waals surface area (Å²) < 4.78 is 0. The smallest absolute Gasteiger partial charge is 0.259 e. The first-order valence-electron chi connectivity index (χ1n) is 5.59. The molecule has 3 rings (SSSR count). The molecule has 18 heavy (non-hydrogen) atoms. The van der Waals surface area contributed by atoms with Gasteiger partial charge in [-0.05, 0) is 18.2 Å². The first-order chi connectivity index (χ1) is 8.68. The summed E-state index contributed by atoms with van der Waals surface area (Å²) in [5.41, 5.74) is 0.493. The van der Waals surface area contributed by atoms with E-state index in [9.17, 15) is 14.4 Å². The Morgan fingerprint density at radius 1 is 1.00 bits per heavy atom. The van der Waals surface area contributed by atoms with Crippen molar-refractivity contribution in [2.24, 2.45) is 0 Å². The molecule has 2 heterocycles. The number of nitrogens with zero attached hydrogens (tertiary/aromatic N) is 1. The van der Waals surface area contributed by atoms with Gasteiger partial charge < -0.3 is 0 Å². The summed E-state index contributed by atoms with van der Waals surface area (Å²) in [6, 6.07) is 7.07. The summed E-state index contributed by atoms with van der Waals surface area (Å²) in [6.45, 7) is 0. The molecule has 2 bridgehead atoms. The minimum Gasteiger partial charge on any atom is -0.292 e. The van der Waals surface area contributed by atoms with E-state index in [4.69, 9.17) is 0 Å². The maximum Gasteiger partial charge on any atom is 0.259 e. The number of hydrogen-bond donors (Lipinski definition) is 1. The fourth-order valence-corrected chi connectivity index (χ4v) is 2.16. The largest absolute Gasteiger partial charge is 0.292 e. The van der Waals surface area contributed by atoms with Crippen molar-refractivity contribution in [2.45, 2.75) is 12.1 Å². The van der Waals surface area contributed by atoms with Gasteiger partial charge in [0, 0.05) is 0 Å². The van der Waals surface area contributed by atoms with Crippen LogP contribution >= 0.6 is 0 Å². The fraction of sp³-hybridized carbons (Fsp3) is 0.154. The highest BCUT2D eigenvalue weighted by Gasteiger charge is 2.44. The lowest BCUT2D eigenvalue weighted by Crippen LogP contribution is -2.66. The number of amides is 2. The van der Waals surface area contributed by atoms with Crippen LogP contribution in [0, 0.1) is 0 Å². The predicted molar refractivity (Wildman–Crippen MR) is 63.8 cm³/mol. The maximum absolute atomic E-state index is 12.1. The van der Waals surface area contributed by atoms with Gasteiger partial charge in [-0.2, -0.15) is 0 Å². The zero-order valence-corrected chi connectivity index (χ0v) is 9.37. The SMILES string of the molecule is O=C1C=C[C@H]2N[C@@H]1C(=O)N(c1ccccc1)C2=O. The third kappa shape index (κ3) is 1.48. The van der Waals surface area contributed by atoms with Crippen molar-refractivity contribution < 1.29 is 14.4 Å². The number of benzene rings is 1. The number of carbonyl (C=O) groups is 3. The zero-order valence-electron chi connectivity index (χ0n) is 9.37. The summed E-state index contributed by atoms with van der Waals surface area (Å²) in [6.07, 6.45) is 2.79. The molecule has 1 N–H and O–H groups in total. The second-order valence-corrected chi connectivity index (χ2v) is 4.19. The Labute approximate surface area is 103 Å². The molecule has 0 saturated carbocycles. The third-order valence-electron chi connectivity index (χ3n) is 3.05. The summed E-state index contributed by atoms with van der Waals surface area (Å²) in [4.78, 5) is 36.9. The van der Waals surface area contributed by atoms with Crippen molar-refractivity contribution in [1.82, 2.24) is 5.32 Å². The van der Waals surface area contributed by atoms with Crippen LogP contribution < -0.4 is 10.2 Å². The molecule has 5 heteroatoms. The molecule has 0 spiro atoms. The minimum absolute atomic E-state index is 0.315. The predicted octanol–water partition coefficient (Wildman–Crippen LogP) is 0.0255. The second kappa shape index (κ2) is 3.89.